The van der Waals surface area contributed by atoms with Crippen LogP contribution in [0.25, 0.3) is 10.2 Å². The predicted octanol–water partition coefficient (Wildman–Crippen LogP) is 3.68. The average molecular weight is 508 g/mol. The van der Waals surface area contributed by atoms with Gasteiger partial charge in [-0.2, -0.15) is 4.37 Å². The third-order valence-corrected chi connectivity index (χ3v) is 7.32. The molecule has 0 saturated carbocycles. The van der Waals surface area contributed by atoms with E-state index >= 15 is 0 Å². The van der Waals surface area contributed by atoms with Crippen LogP contribution in [0.5, 0.6) is 5.88 Å². The van der Waals surface area contributed by atoms with Crippen molar-refractivity contribution in [3.8, 4) is 5.88 Å². The average Bonchev–Trinajstić information content (AvgIpc) is 3.64. The lowest BCUT2D eigenvalue weighted by atomic mass is 9.99. The Morgan fingerprint density at radius 1 is 1.23 bits per heavy atom. The molecule has 1 aromatic carbocycles. The smallest absolute Gasteiger partial charge is 0.300 e. The number of pyridine rings is 1. The number of ether oxygens (including phenoxy) is 1. The first-order chi connectivity index (χ1) is 17.0. The standard InChI is InChI=1S/C24H21N5O4S2/c1-33-21-17(23(32)29-9-7-15(13-29)11-14-5-3-2-4-6-14)12-16-18(28-35-22(16)27-21)19(30)20(31)26-24-25-8-10-34-24/h2-6,8,10,12,15H,7,9,11,13H2,1H3,(H,25,26,31). The van der Waals surface area contributed by atoms with Crippen LogP contribution in [-0.4, -0.2) is 57.0 Å². The van der Waals surface area contributed by atoms with E-state index in [4.69, 9.17) is 4.74 Å². The van der Waals surface area contributed by atoms with Crippen molar-refractivity contribution in [1.82, 2.24) is 19.2 Å². The van der Waals surface area contributed by atoms with Gasteiger partial charge in [0.05, 0.1) is 7.11 Å². The number of amides is 2. The minimum absolute atomic E-state index is 0.0494. The van der Waals surface area contributed by atoms with Crippen molar-refractivity contribution in [2.75, 3.05) is 25.5 Å². The largest absolute Gasteiger partial charge is 0.480 e. The molecule has 0 spiro atoms. The van der Waals surface area contributed by atoms with E-state index in [0.717, 1.165) is 24.4 Å². The summed E-state index contributed by atoms with van der Waals surface area (Å²) in [5.74, 6) is -1.36. The van der Waals surface area contributed by atoms with Gasteiger partial charge in [0, 0.05) is 30.1 Å². The number of Topliss-reactive ketones (excluding diaryl/α,β-unsaturated/α-hetero) is 1. The Hall–Kier alpha value is -3.70. The van der Waals surface area contributed by atoms with Crippen molar-refractivity contribution in [2.24, 2.45) is 5.92 Å². The second kappa shape index (κ2) is 9.88. The quantitative estimate of drug-likeness (QED) is 0.300. The lowest BCUT2D eigenvalue weighted by molar-refractivity contribution is -0.112. The first-order valence-corrected chi connectivity index (χ1v) is 12.6. The van der Waals surface area contributed by atoms with Gasteiger partial charge in [-0.25, -0.2) is 9.97 Å². The van der Waals surface area contributed by atoms with Crippen LogP contribution in [0.3, 0.4) is 0 Å². The van der Waals surface area contributed by atoms with Crippen LogP contribution < -0.4 is 10.1 Å². The van der Waals surface area contributed by atoms with Crippen LogP contribution in [0.2, 0.25) is 0 Å². The van der Waals surface area contributed by atoms with Crippen LogP contribution in [0.4, 0.5) is 5.13 Å². The molecule has 0 bridgehead atoms. The van der Waals surface area contributed by atoms with E-state index in [9.17, 15) is 14.4 Å². The number of hydrogen-bond acceptors (Lipinski definition) is 9. The van der Waals surface area contributed by atoms with Gasteiger partial charge in [-0.1, -0.05) is 30.3 Å². The zero-order valence-electron chi connectivity index (χ0n) is 18.8. The number of fused-ring (bicyclic) bond motifs is 1. The summed E-state index contributed by atoms with van der Waals surface area (Å²) < 4.78 is 9.54. The number of aromatic nitrogens is 3. The molecule has 3 aromatic heterocycles. The van der Waals surface area contributed by atoms with Crippen molar-refractivity contribution >= 4 is 55.8 Å². The van der Waals surface area contributed by atoms with Gasteiger partial charge in [0.25, 0.3) is 17.6 Å². The lowest BCUT2D eigenvalue weighted by Gasteiger charge is -2.18. The van der Waals surface area contributed by atoms with Gasteiger partial charge in [-0.3, -0.25) is 19.7 Å². The number of nitrogens with one attached hydrogen (secondary N) is 1. The molecule has 1 aliphatic rings. The van der Waals surface area contributed by atoms with Crippen LogP contribution in [0.15, 0.2) is 48.0 Å². The molecule has 1 saturated heterocycles. The molecule has 35 heavy (non-hydrogen) atoms. The maximum absolute atomic E-state index is 13.4. The van der Waals surface area contributed by atoms with Crippen molar-refractivity contribution in [2.45, 2.75) is 12.8 Å². The highest BCUT2D eigenvalue weighted by Crippen LogP contribution is 2.30. The van der Waals surface area contributed by atoms with Gasteiger partial charge in [0.2, 0.25) is 5.88 Å². The van der Waals surface area contributed by atoms with Crippen molar-refractivity contribution in [3.63, 3.8) is 0 Å². The summed E-state index contributed by atoms with van der Waals surface area (Å²) >= 11 is 2.17. The molecule has 4 aromatic rings. The second-order valence-corrected chi connectivity index (χ2v) is 9.79. The van der Waals surface area contributed by atoms with E-state index in [2.05, 4.69) is 31.8 Å². The molecule has 2 amide bonds. The molecule has 1 aliphatic heterocycles. The van der Waals surface area contributed by atoms with E-state index in [1.807, 2.05) is 18.2 Å². The number of anilines is 1. The molecule has 178 valence electrons. The second-order valence-electron chi connectivity index (χ2n) is 8.15. The molecule has 11 heteroatoms. The Morgan fingerprint density at radius 3 is 2.80 bits per heavy atom. The van der Waals surface area contributed by atoms with E-state index in [1.165, 1.54) is 30.2 Å². The third-order valence-electron chi connectivity index (χ3n) is 5.87. The van der Waals surface area contributed by atoms with Crippen LogP contribution in [0.1, 0.15) is 32.8 Å². The Balaban J connectivity index is 1.38. The fraction of sp³-hybridized carbons (Fsp3) is 0.250. The van der Waals surface area contributed by atoms with E-state index in [1.54, 1.807) is 16.3 Å². The topological polar surface area (TPSA) is 114 Å². The van der Waals surface area contributed by atoms with E-state index < -0.39 is 11.7 Å². The van der Waals surface area contributed by atoms with Crippen LogP contribution in [-0.2, 0) is 11.2 Å². The zero-order valence-corrected chi connectivity index (χ0v) is 20.4. The van der Waals surface area contributed by atoms with Crippen LogP contribution >= 0.6 is 22.9 Å². The van der Waals surface area contributed by atoms with Crippen LogP contribution in [0, 0.1) is 5.92 Å². The normalized spacial score (nSPS) is 15.3. The fourth-order valence-corrected chi connectivity index (χ4v) is 5.44. The van der Waals surface area contributed by atoms with Gasteiger partial charge in [-0.05, 0) is 41.9 Å². The summed E-state index contributed by atoms with van der Waals surface area (Å²) in [4.78, 5) is 49.2. The van der Waals surface area contributed by atoms with Gasteiger partial charge >= 0.3 is 0 Å². The minimum Gasteiger partial charge on any atom is -0.480 e. The number of nitrogens with zero attached hydrogens (tertiary/aromatic N) is 4. The number of carbonyl (C=O) groups excluding carboxylic acids is 3. The third kappa shape index (κ3) is 4.77. The number of ketones is 1. The van der Waals surface area contributed by atoms with Crippen molar-refractivity contribution in [3.05, 3.63) is 64.8 Å². The number of methoxy groups -OCH3 is 1. The van der Waals surface area contributed by atoms with Gasteiger partial charge in [0.1, 0.15) is 16.1 Å². The highest BCUT2D eigenvalue weighted by molar-refractivity contribution is 7.14. The minimum atomic E-state index is -0.848. The highest BCUT2D eigenvalue weighted by atomic mass is 32.1. The molecule has 1 N–H and O–H groups in total. The molecule has 5 rings (SSSR count). The molecule has 1 atom stereocenters. The molecule has 1 unspecified atom stereocenters. The SMILES string of the molecule is COc1nc2snc(C(=O)C(=O)Nc3nccs3)c2cc1C(=O)N1CCC(Cc2ccccc2)C1. The zero-order chi connectivity index (χ0) is 24.4. The molecule has 0 aliphatic carbocycles. The molecular formula is C24H21N5O4S2. The summed E-state index contributed by atoms with van der Waals surface area (Å²) in [6.45, 7) is 1.25. The van der Waals surface area contributed by atoms with E-state index in [-0.39, 0.29) is 23.0 Å². The number of likely N-dealkylation sites (tertiary alicyclic amines) is 1. The number of carbonyl (C=O) groups is 3. The summed E-state index contributed by atoms with van der Waals surface area (Å²) in [5.41, 5.74) is 1.44. The molecule has 9 nitrogen and oxygen atoms in total. The number of hydrogen-bond donors (Lipinski definition) is 1. The Labute approximate surface area is 208 Å². The molecule has 1 fully saturated rings. The van der Waals surface area contributed by atoms with Crippen molar-refractivity contribution in [1.29, 1.82) is 0 Å². The number of thiazole rings is 1. The van der Waals surface area contributed by atoms with Gasteiger partial charge in [0.15, 0.2) is 5.13 Å². The van der Waals surface area contributed by atoms with E-state index in [0.29, 0.717) is 34.4 Å². The fourth-order valence-electron chi connectivity index (χ4n) is 4.18. The first-order valence-electron chi connectivity index (χ1n) is 11.0. The summed E-state index contributed by atoms with van der Waals surface area (Å²) in [6, 6.07) is 11.8. The van der Waals surface area contributed by atoms with Crippen molar-refractivity contribution < 1.29 is 19.1 Å². The lowest BCUT2D eigenvalue weighted by Crippen LogP contribution is -2.29. The number of rotatable bonds is 7. The monoisotopic (exact) mass is 507 g/mol. The maximum atomic E-state index is 13.4. The maximum Gasteiger partial charge on any atom is 0.300 e. The molecule has 0 radical (unpaired) electrons. The molecular weight excluding hydrogens is 486 g/mol. The summed E-state index contributed by atoms with van der Waals surface area (Å²) in [7, 11) is 1.45. The molecule has 4 heterocycles. The highest BCUT2D eigenvalue weighted by Gasteiger charge is 2.31. The van der Waals surface area contributed by atoms with Gasteiger partial charge < -0.3 is 9.64 Å². The Morgan fingerprint density at radius 2 is 2.06 bits per heavy atom. The first kappa shape index (κ1) is 23.1. The van der Waals surface area contributed by atoms with Gasteiger partial charge in [-0.15, -0.1) is 11.3 Å². The summed E-state index contributed by atoms with van der Waals surface area (Å²) in [5, 5.41) is 4.82. The summed E-state index contributed by atoms with van der Waals surface area (Å²) in [6.07, 6.45) is 3.33. The predicted molar refractivity (Wildman–Crippen MR) is 133 cm³/mol. The number of benzene rings is 1. The Bertz CT molecular complexity index is 1390. The Kier molecular flexibility index (Phi) is 6.51.